The minimum Gasteiger partial charge on any atom is -0.317 e. The van der Waals surface area contributed by atoms with Gasteiger partial charge in [-0.05, 0) is 50.6 Å². The molecule has 25 heavy (non-hydrogen) atoms. The van der Waals surface area contributed by atoms with Gasteiger partial charge in [-0.25, -0.2) is 9.18 Å². The Kier molecular flexibility index (Phi) is 4.13. The molecule has 4 rings (SSSR count). The van der Waals surface area contributed by atoms with E-state index in [0.717, 1.165) is 42.7 Å². The normalized spacial score (nSPS) is 18.4. The van der Waals surface area contributed by atoms with Crippen LogP contribution in [0.25, 0.3) is 0 Å². The molecule has 0 bridgehead atoms. The highest BCUT2D eigenvalue weighted by molar-refractivity contribution is 6.06. The molecule has 0 saturated carbocycles. The summed E-state index contributed by atoms with van der Waals surface area (Å²) < 4.78 is 14.5. The van der Waals surface area contributed by atoms with Crippen LogP contribution in [0, 0.1) is 12.7 Å². The second kappa shape index (κ2) is 6.44. The van der Waals surface area contributed by atoms with Crippen molar-refractivity contribution >= 4 is 17.4 Å². The lowest BCUT2D eigenvalue weighted by Gasteiger charge is -2.42. The van der Waals surface area contributed by atoms with Crippen molar-refractivity contribution in [2.24, 2.45) is 0 Å². The van der Waals surface area contributed by atoms with Gasteiger partial charge < -0.3 is 5.32 Å². The Morgan fingerprint density at radius 1 is 1.24 bits per heavy atom. The van der Waals surface area contributed by atoms with Crippen LogP contribution in [0.15, 0.2) is 36.7 Å². The van der Waals surface area contributed by atoms with Crippen molar-refractivity contribution in [2.75, 3.05) is 22.9 Å². The number of anilines is 2. The van der Waals surface area contributed by atoms with Crippen LogP contribution in [-0.4, -0.2) is 30.1 Å². The Bertz CT molecular complexity index is 784. The largest absolute Gasteiger partial charge is 0.329 e. The lowest BCUT2D eigenvalue weighted by Crippen LogP contribution is -2.54. The molecule has 130 valence electrons. The summed E-state index contributed by atoms with van der Waals surface area (Å²) in [5.74, 6) is -0.369. The van der Waals surface area contributed by atoms with Crippen molar-refractivity contribution in [3.63, 3.8) is 0 Å². The monoisotopic (exact) mass is 340 g/mol. The molecule has 1 N–H and O–H groups in total. The van der Waals surface area contributed by atoms with Crippen LogP contribution in [0.3, 0.4) is 0 Å². The zero-order chi connectivity index (χ0) is 17.4. The van der Waals surface area contributed by atoms with Gasteiger partial charge >= 0.3 is 6.03 Å². The number of rotatable bonds is 2. The average Bonchev–Trinajstić information content (AvgIpc) is 2.63. The molecular weight excluding hydrogens is 319 g/mol. The minimum absolute atomic E-state index is 0.116. The molecule has 0 aliphatic carbocycles. The third-order valence-corrected chi connectivity index (χ3v) is 5.04. The van der Waals surface area contributed by atoms with E-state index in [1.165, 1.54) is 6.07 Å². The molecule has 1 aromatic carbocycles. The molecule has 3 heterocycles. The SMILES string of the molecule is Cc1cccc(F)c1N1Cc2cnccc2N(C2CCNCC2)C1=O. The fourth-order valence-corrected chi connectivity index (χ4v) is 3.81. The van der Waals surface area contributed by atoms with Crippen LogP contribution in [-0.2, 0) is 6.54 Å². The molecule has 2 aromatic rings. The quantitative estimate of drug-likeness (QED) is 0.913. The molecule has 2 aliphatic heterocycles. The van der Waals surface area contributed by atoms with E-state index in [9.17, 15) is 9.18 Å². The van der Waals surface area contributed by atoms with Crippen LogP contribution in [0.4, 0.5) is 20.6 Å². The first-order valence-corrected chi connectivity index (χ1v) is 8.66. The van der Waals surface area contributed by atoms with Gasteiger partial charge in [0.25, 0.3) is 0 Å². The van der Waals surface area contributed by atoms with E-state index in [2.05, 4.69) is 10.3 Å². The van der Waals surface area contributed by atoms with Crippen LogP contribution in [0.1, 0.15) is 24.0 Å². The van der Waals surface area contributed by atoms with Gasteiger partial charge in [0, 0.05) is 24.0 Å². The smallest absolute Gasteiger partial charge is 0.317 e. The van der Waals surface area contributed by atoms with Crippen LogP contribution in [0.5, 0.6) is 0 Å². The van der Waals surface area contributed by atoms with Gasteiger partial charge in [0.2, 0.25) is 0 Å². The number of fused-ring (bicyclic) bond motifs is 1. The minimum atomic E-state index is -0.369. The number of nitrogens with one attached hydrogen (secondary N) is 1. The summed E-state index contributed by atoms with van der Waals surface area (Å²) in [6.07, 6.45) is 5.26. The first-order valence-electron chi connectivity index (χ1n) is 8.66. The predicted molar refractivity (Wildman–Crippen MR) is 95.3 cm³/mol. The highest BCUT2D eigenvalue weighted by atomic mass is 19.1. The Morgan fingerprint density at radius 2 is 2.04 bits per heavy atom. The van der Waals surface area contributed by atoms with Crippen molar-refractivity contribution in [3.8, 4) is 0 Å². The van der Waals surface area contributed by atoms with Gasteiger partial charge in [-0.15, -0.1) is 0 Å². The molecule has 1 aromatic heterocycles. The van der Waals surface area contributed by atoms with E-state index in [1.54, 1.807) is 23.4 Å². The maximum Gasteiger partial charge on any atom is 0.329 e. The first kappa shape index (κ1) is 16.0. The number of benzene rings is 1. The van der Waals surface area contributed by atoms with Gasteiger partial charge in [0.1, 0.15) is 5.82 Å². The summed E-state index contributed by atoms with van der Waals surface area (Å²) in [5.41, 5.74) is 2.97. The third kappa shape index (κ3) is 2.76. The summed E-state index contributed by atoms with van der Waals surface area (Å²) in [5, 5.41) is 3.33. The number of aromatic nitrogens is 1. The number of para-hydroxylation sites is 1. The van der Waals surface area contributed by atoms with Crippen molar-refractivity contribution in [1.82, 2.24) is 10.3 Å². The zero-order valence-corrected chi connectivity index (χ0v) is 14.2. The second-order valence-corrected chi connectivity index (χ2v) is 6.63. The number of carbonyl (C=O) groups excluding carboxylic acids is 1. The van der Waals surface area contributed by atoms with Gasteiger partial charge in [0.15, 0.2) is 0 Å². The molecule has 2 amide bonds. The fourth-order valence-electron chi connectivity index (χ4n) is 3.81. The Morgan fingerprint density at radius 3 is 2.80 bits per heavy atom. The first-order chi connectivity index (χ1) is 12.2. The molecule has 0 radical (unpaired) electrons. The Labute approximate surface area is 146 Å². The van der Waals surface area contributed by atoms with E-state index in [4.69, 9.17) is 0 Å². The van der Waals surface area contributed by atoms with Crippen molar-refractivity contribution in [1.29, 1.82) is 0 Å². The number of pyridine rings is 1. The summed E-state index contributed by atoms with van der Waals surface area (Å²) in [6, 6.07) is 6.76. The summed E-state index contributed by atoms with van der Waals surface area (Å²) in [6.45, 7) is 3.94. The lowest BCUT2D eigenvalue weighted by molar-refractivity contribution is 0.245. The fraction of sp³-hybridized carbons (Fsp3) is 0.368. The highest BCUT2D eigenvalue weighted by Gasteiger charge is 2.37. The number of amides is 2. The zero-order valence-electron chi connectivity index (χ0n) is 14.2. The molecule has 1 fully saturated rings. The molecule has 5 nitrogen and oxygen atoms in total. The van der Waals surface area contributed by atoms with Gasteiger partial charge in [0.05, 0.1) is 17.9 Å². The number of halogens is 1. The standard InChI is InChI=1S/C19H21FN4O/c1-13-3-2-4-16(20)18(13)23-12-14-11-22-10-7-17(14)24(19(23)25)15-5-8-21-9-6-15/h2-4,7,10-11,15,21H,5-6,8-9,12H2,1H3. The van der Waals surface area contributed by atoms with E-state index in [-0.39, 0.29) is 17.9 Å². The number of carbonyl (C=O) groups is 1. The topological polar surface area (TPSA) is 48.5 Å². The van der Waals surface area contributed by atoms with Gasteiger partial charge in [-0.3, -0.25) is 14.8 Å². The molecule has 2 aliphatic rings. The van der Waals surface area contributed by atoms with E-state index in [0.29, 0.717) is 12.2 Å². The average molecular weight is 340 g/mol. The number of aryl methyl sites for hydroxylation is 1. The maximum absolute atomic E-state index is 14.5. The van der Waals surface area contributed by atoms with Gasteiger partial charge in [-0.2, -0.15) is 0 Å². The summed E-state index contributed by atoms with van der Waals surface area (Å²) in [7, 11) is 0. The number of hydrogen-bond acceptors (Lipinski definition) is 3. The van der Waals surface area contributed by atoms with Gasteiger partial charge in [-0.1, -0.05) is 12.1 Å². The number of hydrogen-bond donors (Lipinski definition) is 1. The van der Waals surface area contributed by atoms with Crippen molar-refractivity contribution in [2.45, 2.75) is 32.4 Å². The Hall–Kier alpha value is -2.47. The molecule has 0 atom stereocenters. The number of urea groups is 1. The molecular formula is C19H21FN4O. The maximum atomic E-state index is 14.5. The number of piperidine rings is 1. The van der Waals surface area contributed by atoms with E-state index in [1.807, 2.05) is 24.0 Å². The van der Waals surface area contributed by atoms with E-state index >= 15 is 0 Å². The van der Waals surface area contributed by atoms with Crippen molar-refractivity contribution in [3.05, 3.63) is 53.6 Å². The van der Waals surface area contributed by atoms with Crippen LogP contribution >= 0.6 is 0 Å². The number of nitrogens with zero attached hydrogens (tertiary/aromatic N) is 3. The van der Waals surface area contributed by atoms with Crippen molar-refractivity contribution < 1.29 is 9.18 Å². The summed E-state index contributed by atoms with van der Waals surface area (Å²) in [4.78, 5) is 20.9. The highest BCUT2D eigenvalue weighted by Crippen LogP contribution is 2.36. The molecule has 0 unspecified atom stereocenters. The van der Waals surface area contributed by atoms with Crippen LogP contribution in [0.2, 0.25) is 0 Å². The molecule has 0 spiro atoms. The third-order valence-electron chi connectivity index (χ3n) is 5.04. The molecule has 1 saturated heterocycles. The lowest BCUT2D eigenvalue weighted by atomic mass is 10.0. The second-order valence-electron chi connectivity index (χ2n) is 6.63. The Balaban J connectivity index is 1.80. The summed E-state index contributed by atoms with van der Waals surface area (Å²) >= 11 is 0. The van der Waals surface area contributed by atoms with Crippen LogP contribution < -0.4 is 15.1 Å². The molecule has 6 heteroatoms. The predicted octanol–water partition coefficient (Wildman–Crippen LogP) is 3.23. The van der Waals surface area contributed by atoms with E-state index < -0.39 is 0 Å².